The van der Waals surface area contributed by atoms with Crippen LogP contribution >= 0.6 is 11.6 Å². The smallest absolute Gasteiger partial charge is 0.130 e. The van der Waals surface area contributed by atoms with Gasteiger partial charge in [-0.1, -0.05) is 17.7 Å². The zero-order chi connectivity index (χ0) is 11.5. The highest BCUT2D eigenvalue weighted by molar-refractivity contribution is 6.31. The lowest BCUT2D eigenvalue weighted by Gasteiger charge is -2.10. The number of nitrogen functional groups attached to an aromatic ring is 1. The lowest BCUT2D eigenvalue weighted by atomic mass is 10.2. The third-order valence-corrected chi connectivity index (χ3v) is 2.67. The van der Waals surface area contributed by atoms with E-state index in [2.05, 4.69) is 10.3 Å². The predicted octanol–water partition coefficient (Wildman–Crippen LogP) is 3.37. The Hall–Kier alpha value is -1.74. The van der Waals surface area contributed by atoms with Crippen molar-refractivity contribution < 1.29 is 0 Å². The number of nitrogens with zero attached hydrogens (tertiary/aromatic N) is 1. The van der Waals surface area contributed by atoms with Crippen LogP contribution in [0.4, 0.5) is 17.2 Å². The van der Waals surface area contributed by atoms with Gasteiger partial charge in [0.15, 0.2) is 0 Å². The summed E-state index contributed by atoms with van der Waals surface area (Å²) in [5, 5.41) is 3.82. The molecule has 0 aliphatic rings. The molecule has 4 heteroatoms. The average molecular weight is 234 g/mol. The van der Waals surface area contributed by atoms with Crippen molar-refractivity contribution in [2.45, 2.75) is 6.92 Å². The van der Waals surface area contributed by atoms with Gasteiger partial charge in [-0.25, -0.2) is 4.98 Å². The second-order valence-electron chi connectivity index (χ2n) is 3.53. The molecule has 0 radical (unpaired) electrons. The van der Waals surface area contributed by atoms with Gasteiger partial charge in [0, 0.05) is 11.2 Å². The maximum Gasteiger partial charge on any atom is 0.130 e. The molecule has 0 amide bonds. The first-order valence-corrected chi connectivity index (χ1v) is 5.28. The molecule has 16 heavy (non-hydrogen) atoms. The molecule has 0 aliphatic heterocycles. The Bertz CT molecular complexity index is 497. The number of halogens is 1. The standard InChI is InChI=1S/C12H12ClN3/c1-8-6-11(10(14)7-9(8)13)16-12-4-2-3-5-15-12/h2-7H,14H2,1H3,(H,15,16). The van der Waals surface area contributed by atoms with E-state index in [1.165, 1.54) is 0 Å². The van der Waals surface area contributed by atoms with Crippen LogP contribution in [0.3, 0.4) is 0 Å². The number of rotatable bonds is 2. The number of anilines is 3. The molecule has 2 rings (SSSR count). The largest absolute Gasteiger partial charge is 0.397 e. The van der Waals surface area contributed by atoms with Crippen LogP contribution in [-0.4, -0.2) is 4.98 Å². The van der Waals surface area contributed by atoms with Crippen molar-refractivity contribution in [3.05, 3.63) is 47.1 Å². The van der Waals surface area contributed by atoms with Crippen LogP contribution in [0.1, 0.15) is 5.56 Å². The highest BCUT2D eigenvalue weighted by Gasteiger charge is 2.04. The van der Waals surface area contributed by atoms with Crippen molar-refractivity contribution in [3.8, 4) is 0 Å². The predicted molar refractivity (Wildman–Crippen MR) is 68.1 cm³/mol. The van der Waals surface area contributed by atoms with Gasteiger partial charge in [0.1, 0.15) is 5.82 Å². The van der Waals surface area contributed by atoms with Crippen LogP contribution in [0.25, 0.3) is 0 Å². The van der Waals surface area contributed by atoms with E-state index in [1.54, 1.807) is 12.3 Å². The molecule has 0 unspecified atom stereocenters. The summed E-state index contributed by atoms with van der Waals surface area (Å²) < 4.78 is 0. The van der Waals surface area contributed by atoms with E-state index >= 15 is 0 Å². The number of benzene rings is 1. The van der Waals surface area contributed by atoms with Gasteiger partial charge in [0.25, 0.3) is 0 Å². The van der Waals surface area contributed by atoms with E-state index in [4.69, 9.17) is 17.3 Å². The van der Waals surface area contributed by atoms with E-state index < -0.39 is 0 Å². The van der Waals surface area contributed by atoms with Crippen LogP contribution in [-0.2, 0) is 0 Å². The highest BCUT2D eigenvalue weighted by Crippen LogP contribution is 2.28. The van der Waals surface area contributed by atoms with Gasteiger partial charge in [-0.05, 0) is 36.8 Å². The minimum absolute atomic E-state index is 0.612. The highest BCUT2D eigenvalue weighted by atomic mass is 35.5. The number of aromatic nitrogens is 1. The number of pyridine rings is 1. The summed E-state index contributed by atoms with van der Waals surface area (Å²) in [6.45, 7) is 1.94. The van der Waals surface area contributed by atoms with Gasteiger partial charge < -0.3 is 11.1 Å². The Morgan fingerprint density at radius 3 is 2.81 bits per heavy atom. The zero-order valence-electron chi connectivity index (χ0n) is 8.87. The quantitative estimate of drug-likeness (QED) is 0.782. The van der Waals surface area contributed by atoms with Crippen molar-refractivity contribution in [1.29, 1.82) is 0 Å². The van der Waals surface area contributed by atoms with Crippen LogP contribution in [0, 0.1) is 6.92 Å². The molecule has 0 fully saturated rings. The molecule has 3 N–H and O–H groups in total. The van der Waals surface area contributed by atoms with E-state index in [0.29, 0.717) is 10.7 Å². The number of hydrogen-bond donors (Lipinski definition) is 2. The minimum Gasteiger partial charge on any atom is -0.397 e. The van der Waals surface area contributed by atoms with Crippen LogP contribution < -0.4 is 11.1 Å². The summed E-state index contributed by atoms with van der Waals surface area (Å²) in [5.74, 6) is 0.760. The Morgan fingerprint density at radius 2 is 2.12 bits per heavy atom. The molecular formula is C12H12ClN3. The third kappa shape index (κ3) is 2.25. The molecule has 1 aromatic carbocycles. The van der Waals surface area contributed by atoms with Gasteiger partial charge >= 0.3 is 0 Å². The molecule has 1 aromatic heterocycles. The molecule has 0 saturated carbocycles. The second-order valence-corrected chi connectivity index (χ2v) is 3.94. The third-order valence-electron chi connectivity index (χ3n) is 2.26. The second kappa shape index (κ2) is 4.41. The first-order chi connectivity index (χ1) is 7.66. The topological polar surface area (TPSA) is 50.9 Å². The summed E-state index contributed by atoms with van der Waals surface area (Å²) in [6, 6.07) is 9.30. The molecule has 1 heterocycles. The molecule has 0 atom stereocenters. The average Bonchev–Trinajstić information content (AvgIpc) is 2.27. The number of hydrogen-bond acceptors (Lipinski definition) is 3. The molecule has 0 saturated heterocycles. The van der Waals surface area contributed by atoms with Crippen LogP contribution in [0.15, 0.2) is 36.5 Å². The molecule has 0 aliphatic carbocycles. The molecule has 82 valence electrons. The maximum atomic E-state index is 5.97. The number of nitrogens with one attached hydrogen (secondary N) is 1. The zero-order valence-corrected chi connectivity index (χ0v) is 9.62. The van der Waals surface area contributed by atoms with E-state index in [1.807, 2.05) is 31.2 Å². The summed E-state index contributed by atoms with van der Waals surface area (Å²) in [5.41, 5.74) is 8.28. The lowest BCUT2D eigenvalue weighted by Crippen LogP contribution is -1.98. The monoisotopic (exact) mass is 233 g/mol. The Balaban J connectivity index is 2.32. The van der Waals surface area contributed by atoms with Gasteiger partial charge in [-0.3, -0.25) is 0 Å². The minimum atomic E-state index is 0.612. The van der Waals surface area contributed by atoms with E-state index in [-0.39, 0.29) is 0 Å². The van der Waals surface area contributed by atoms with Crippen molar-refractivity contribution in [2.75, 3.05) is 11.1 Å². The van der Waals surface area contributed by atoms with Gasteiger partial charge in [0.05, 0.1) is 11.4 Å². The fourth-order valence-electron chi connectivity index (χ4n) is 1.38. The van der Waals surface area contributed by atoms with Crippen molar-refractivity contribution >= 4 is 28.8 Å². The van der Waals surface area contributed by atoms with Gasteiger partial charge in [0.2, 0.25) is 0 Å². The van der Waals surface area contributed by atoms with E-state index in [9.17, 15) is 0 Å². The Kier molecular flexibility index (Phi) is 2.97. The molecule has 3 nitrogen and oxygen atoms in total. The fourth-order valence-corrected chi connectivity index (χ4v) is 1.55. The van der Waals surface area contributed by atoms with Crippen molar-refractivity contribution in [2.24, 2.45) is 0 Å². The first kappa shape index (κ1) is 10.8. The van der Waals surface area contributed by atoms with Gasteiger partial charge in [-0.2, -0.15) is 0 Å². The molecular weight excluding hydrogens is 222 g/mol. The maximum absolute atomic E-state index is 5.97. The van der Waals surface area contributed by atoms with Crippen molar-refractivity contribution in [1.82, 2.24) is 4.98 Å². The summed E-state index contributed by atoms with van der Waals surface area (Å²) in [6.07, 6.45) is 1.72. The number of aryl methyl sites for hydroxylation is 1. The van der Waals surface area contributed by atoms with Crippen molar-refractivity contribution in [3.63, 3.8) is 0 Å². The summed E-state index contributed by atoms with van der Waals surface area (Å²) in [4.78, 5) is 4.17. The molecule has 0 bridgehead atoms. The van der Waals surface area contributed by atoms with E-state index in [0.717, 1.165) is 17.1 Å². The molecule has 2 aromatic rings. The number of nitrogens with two attached hydrogens (primary N) is 1. The normalized spacial score (nSPS) is 10.1. The molecule has 0 spiro atoms. The van der Waals surface area contributed by atoms with Crippen LogP contribution in [0.5, 0.6) is 0 Å². The van der Waals surface area contributed by atoms with Crippen LogP contribution in [0.2, 0.25) is 5.02 Å². The summed E-state index contributed by atoms with van der Waals surface area (Å²) >= 11 is 5.97. The Labute approximate surface area is 99.3 Å². The SMILES string of the molecule is Cc1cc(Nc2ccccn2)c(N)cc1Cl. The summed E-state index contributed by atoms with van der Waals surface area (Å²) in [7, 11) is 0. The lowest BCUT2D eigenvalue weighted by molar-refractivity contribution is 1.30. The van der Waals surface area contributed by atoms with Gasteiger partial charge in [-0.15, -0.1) is 0 Å². The fraction of sp³-hybridized carbons (Fsp3) is 0.0833. The Morgan fingerprint density at radius 1 is 1.31 bits per heavy atom. The first-order valence-electron chi connectivity index (χ1n) is 4.90.